The molecular formula is C23H25N5O2. The summed E-state index contributed by atoms with van der Waals surface area (Å²) in [6.07, 6.45) is 5.91. The van der Waals surface area contributed by atoms with Gasteiger partial charge in [0.25, 0.3) is 0 Å². The average Bonchev–Trinajstić information content (AvgIpc) is 2.78. The minimum atomic E-state index is -0.191. The molecule has 1 amide bonds. The lowest BCUT2D eigenvalue weighted by Crippen LogP contribution is -2.36. The molecule has 0 aliphatic heterocycles. The third-order valence-electron chi connectivity index (χ3n) is 4.78. The highest BCUT2D eigenvalue weighted by Crippen LogP contribution is 2.27. The van der Waals surface area contributed by atoms with Gasteiger partial charge in [-0.05, 0) is 29.7 Å². The van der Waals surface area contributed by atoms with Crippen molar-refractivity contribution in [3.8, 4) is 11.1 Å². The third kappa shape index (κ3) is 5.12. The van der Waals surface area contributed by atoms with E-state index in [1.165, 1.54) is 17.4 Å². The molecule has 2 aromatic heterocycles. The number of aromatic nitrogens is 3. The zero-order chi connectivity index (χ0) is 21.5. The largest absolute Gasteiger partial charge is 0.312 e. The molecule has 0 radical (unpaired) electrons. The number of nitrogens with zero attached hydrogens (tertiary/aromatic N) is 4. The number of rotatable bonds is 8. The van der Waals surface area contributed by atoms with Crippen LogP contribution in [0.4, 0.5) is 5.69 Å². The van der Waals surface area contributed by atoms with Gasteiger partial charge in [-0.15, -0.1) is 0 Å². The van der Waals surface area contributed by atoms with E-state index in [2.05, 4.69) is 39.3 Å². The first kappa shape index (κ1) is 21.3. The van der Waals surface area contributed by atoms with Crippen molar-refractivity contribution in [2.24, 2.45) is 0 Å². The summed E-state index contributed by atoms with van der Waals surface area (Å²) >= 11 is 0. The Morgan fingerprint density at radius 2 is 1.80 bits per heavy atom. The van der Waals surface area contributed by atoms with Gasteiger partial charge in [0.1, 0.15) is 11.5 Å². The molecule has 0 bridgehead atoms. The van der Waals surface area contributed by atoms with E-state index >= 15 is 0 Å². The van der Waals surface area contributed by atoms with E-state index in [-0.39, 0.29) is 23.9 Å². The maximum atomic E-state index is 12.7. The Morgan fingerprint density at radius 3 is 2.50 bits per heavy atom. The van der Waals surface area contributed by atoms with E-state index in [0.29, 0.717) is 18.1 Å². The zero-order valence-electron chi connectivity index (χ0n) is 17.4. The first-order chi connectivity index (χ1) is 14.5. The number of aryl methyl sites for hydroxylation is 1. The SMILES string of the molecule is CCc1cccc(-c2cnc(C(C)=O)c(N(C)C(=O)CNCc3ncccn3)c2)c1. The second-order valence-corrected chi connectivity index (χ2v) is 6.92. The Balaban J connectivity index is 1.81. The number of Topliss-reactive ketones (excluding diaryl/α,β-unsaturated/α-hetero) is 1. The second-order valence-electron chi connectivity index (χ2n) is 6.92. The van der Waals surface area contributed by atoms with Crippen LogP contribution < -0.4 is 10.2 Å². The summed E-state index contributed by atoms with van der Waals surface area (Å²) in [6, 6.07) is 11.7. The summed E-state index contributed by atoms with van der Waals surface area (Å²) in [5.74, 6) is 0.232. The van der Waals surface area contributed by atoms with E-state index in [1.807, 2.05) is 18.2 Å². The number of nitrogens with one attached hydrogen (secondary N) is 1. The maximum absolute atomic E-state index is 12.7. The minimum absolute atomic E-state index is 0.0850. The normalized spacial score (nSPS) is 10.6. The van der Waals surface area contributed by atoms with Crippen molar-refractivity contribution in [3.05, 3.63) is 72.1 Å². The van der Waals surface area contributed by atoms with E-state index in [1.54, 1.807) is 31.7 Å². The lowest BCUT2D eigenvalue weighted by Gasteiger charge is -2.20. The van der Waals surface area contributed by atoms with Gasteiger partial charge in [-0.2, -0.15) is 0 Å². The van der Waals surface area contributed by atoms with Crippen molar-refractivity contribution in [1.82, 2.24) is 20.3 Å². The second kappa shape index (κ2) is 9.84. The molecule has 0 fully saturated rings. The minimum Gasteiger partial charge on any atom is -0.312 e. The molecule has 0 unspecified atom stereocenters. The third-order valence-corrected chi connectivity index (χ3v) is 4.78. The van der Waals surface area contributed by atoms with Crippen molar-refractivity contribution >= 4 is 17.4 Å². The molecule has 0 aliphatic carbocycles. The summed E-state index contributed by atoms with van der Waals surface area (Å²) in [6.45, 7) is 4.01. The molecule has 30 heavy (non-hydrogen) atoms. The average molecular weight is 403 g/mol. The summed E-state index contributed by atoms with van der Waals surface area (Å²) < 4.78 is 0. The highest BCUT2D eigenvalue weighted by molar-refractivity contribution is 6.04. The molecule has 0 aliphatic rings. The zero-order valence-corrected chi connectivity index (χ0v) is 17.4. The van der Waals surface area contributed by atoms with Gasteiger partial charge in [0.05, 0.1) is 18.8 Å². The van der Waals surface area contributed by atoms with Crippen LogP contribution in [0.1, 0.15) is 35.7 Å². The number of carbonyl (C=O) groups excluding carboxylic acids is 2. The molecule has 0 saturated carbocycles. The number of pyridine rings is 1. The monoisotopic (exact) mass is 403 g/mol. The van der Waals surface area contributed by atoms with E-state index in [0.717, 1.165) is 17.5 Å². The molecule has 154 valence electrons. The van der Waals surface area contributed by atoms with Crippen LogP contribution in [0.25, 0.3) is 11.1 Å². The van der Waals surface area contributed by atoms with Gasteiger partial charge in [-0.1, -0.05) is 31.2 Å². The van der Waals surface area contributed by atoms with Crippen LogP contribution in [-0.2, 0) is 17.8 Å². The molecule has 3 rings (SSSR count). The first-order valence-corrected chi connectivity index (χ1v) is 9.83. The number of ketones is 1. The van der Waals surface area contributed by atoms with Crippen molar-refractivity contribution in [1.29, 1.82) is 0 Å². The van der Waals surface area contributed by atoms with Crippen LogP contribution in [0.5, 0.6) is 0 Å². The Kier molecular flexibility index (Phi) is 6.98. The molecule has 0 atom stereocenters. The Bertz CT molecular complexity index is 1040. The van der Waals surface area contributed by atoms with Crippen molar-refractivity contribution < 1.29 is 9.59 Å². The van der Waals surface area contributed by atoms with Crippen LogP contribution in [0, 0.1) is 0 Å². The number of likely N-dealkylation sites (N-methyl/N-ethyl adjacent to an activating group) is 1. The molecule has 2 heterocycles. The van der Waals surface area contributed by atoms with Crippen molar-refractivity contribution in [3.63, 3.8) is 0 Å². The van der Waals surface area contributed by atoms with Gasteiger partial charge in [-0.3, -0.25) is 14.6 Å². The number of carbonyl (C=O) groups is 2. The molecule has 0 spiro atoms. The topological polar surface area (TPSA) is 88.1 Å². The van der Waals surface area contributed by atoms with E-state index in [9.17, 15) is 9.59 Å². The van der Waals surface area contributed by atoms with Gasteiger partial charge in [0.2, 0.25) is 5.91 Å². The standard InChI is InChI=1S/C23H25N5O2/c1-4-17-7-5-8-18(11-17)19-12-20(23(16(2)29)27-13-19)28(3)22(30)15-24-14-21-25-9-6-10-26-21/h5-13,24H,4,14-15H2,1-3H3. The van der Waals surface area contributed by atoms with Gasteiger partial charge >= 0.3 is 0 Å². The molecule has 3 aromatic rings. The smallest absolute Gasteiger partial charge is 0.240 e. The lowest BCUT2D eigenvalue weighted by atomic mass is 10.0. The van der Waals surface area contributed by atoms with Gasteiger partial charge in [0, 0.05) is 38.1 Å². The van der Waals surface area contributed by atoms with E-state index < -0.39 is 0 Å². The highest BCUT2D eigenvalue weighted by atomic mass is 16.2. The number of amides is 1. The van der Waals surface area contributed by atoms with Crippen LogP contribution in [0.2, 0.25) is 0 Å². The molecular weight excluding hydrogens is 378 g/mol. The van der Waals surface area contributed by atoms with Gasteiger partial charge in [0.15, 0.2) is 5.78 Å². The summed E-state index contributed by atoms with van der Waals surface area (Å²) in [7, 11) is 1.65. The molecule has 7 heteroatoms. The Labute approximate surface area is 176 Å². The summed E-state index contributed by atoms with van der Waals surface area (Å²) in [4.78, 5) is 38.9. The summed E-state index contributed by atoms with van der Waals surface area (Å²) in [5, 5.41) is 3.04. The van der Waals surface area contributed by atoms with Crippen molar-refractivity contribution in [2.45, 2.75) is 26.8 Å². The van der Waals surface area contributed by atoms with Crippen LogP contribution in [0.15, 0.2) is 55.0 Å². The quantitative estimate of drug-likeness (QED) is 0.582. The molecule has 1 N–H and O–H groups in total. The predicted molar refractivity (Wildman–Crippen MR) is 116 cm³/mol. The van der Waals surface area contributed by atoms with Crippen LogP contribution in [0.3, 0.4) is 0 Å². The van der Waals surface area contributed by atoms with Crippen LogP contribution in [-0.4, -0.2) is 40.2 Å². The number of benzene rings is 1. The van der Waals surface area contributed by atoms with E-state index in [4.69, 9.17) is 0 Å². The lowest BCUT2D eigenvalue weighted by molar-refractivity contribution is -0.117. The van der Waals surface area contributed by atoms with Crippen molar-refractivity contribution in [2.75, 3.05) is 18.5 Å². The van der Waals surface area contributed by atoms with Gasteiger partial charge < -0.3 is 10.2 Å². The molecule has 0 saturated heterocycles. The summed E-state index contributed by atoms with van der Waals surface area (Å²) in [5.41, 5.74) is 3.83. The van der Waals surface area contributed by atoms with Gasteiger partial charge in [-0.25, -0.2) is 9.97 Å². The Hall–Kier alpha value is -3.45. The molecule has 7 nitrogen and oxygen atoms in total. The number of hydrogen-bond acceptors (Lipinski definition) is 6. The predicted octanol–water partition coefficient (Wildman–Crippen LogP) is 3.06. The fraction of sp³-hybridized carbons (Fsp3) is 0.261. The number of anilines is 1. The maximum Gasteiger partial charge on any atom is 0.240 e. The first-order valence-electron chi connectivity index (χ1n) is 9.83. The number of hydrogen-bond donors (Lipinski definition) is 1. The highest BCUT2D eigenvalue weighted by Gasteiger charge is 2.19. The molecule has 1 aromatic carbocycles. The van der Waals surface area contributed by atoms with Crippen LogP contribution >= 0.6 is 0 Å². The Morgan fingerprint density at radius 1 is 1.03 bits per heavy atom. The fourth-order valence-corrected chi connectivity index (χ4v) is 3.06. The fourth-order valence-electron chi connectivity index (χ4n) is 3.06.